The van der Waals surface area contributed by atoms with Crippen molar-refractivity contribution in [3.05, 3.63) is 5.01 Å². The molecular formula is C8H15N3OS. The summed E-state index contributed by atoms with van der Waals surface area (Å²) in [5.74, 6) is 0. The molecule has 1 rings (SSSR count). The molecule has 1 unspecified atom stereocenters. The Balaban J connectivity index is 2.44. The minimum Gasteiger partial charge on any atom is -0.393 e. The van der Waals surface area contributed by atoms with Crippen molar-refractivity contribution in [3.8, 4) is 0 Å². The second-order valence-electron chi connectivity index (χ2n) is 3.16. The molecule has 0 radical (unpaired) electrons. The van der Waals surface area contributed by atoms with E-state index in [-0.39, 0.29) is 6.10 Å². The highest BCUT2D eigenvalue weighted by Crippen LogP contribution is 2.17. The molecule has 0 saturated heterocycles. The van der Waals surface area contributed by atoms with Crippen molar-refractivity contribution < 1.29 is 5.11 Å². The quantitative estimate of drug-likeness (QED) is 0.791. The molecule has 0 spiro atoms. The van der Waals surface area contributed by atoms with Gasteiger partial charge in [-0.2, -0.15) is 0 Å². The normalized spacial score (nSPS) is 12.9. The second kappa shape index (κ2) is 4.53. The van der Waals surface area contributed by atoms with E-state index >= 15 is 0 Å². The van der Waals surface area contributed by atoms with Gasteiger partial charge in [0.25, 0.3) is 0 Å². The molecule has 4 nitrogen and oxygen atoms in total. The Kier molecular flexibility index (Phi) is 3.62. The largest absolute Gasteiger partial charge is 0.393 e. The predicted molar refractivity (Wildman–Crippen MR) is 54.2 cm³/mol. The van der Waals surface area contributed by atoms with Crippen molar-refractivity contribution in [1.29, 1.82) is 0 Å². The molecule has 0 fully saturated rings. The first-order chi connectivity index (χ1) is 6.09. The zero-order valence-electron chi connectivity index (χ0n) is 8.19. The molecule has 0 bridgehead atoms. The summed E-state index contributed by atoms with van der Waals surface area (Å²) in [5.41, 5.74) is 0. The van der Waals surface area contributed by atoms with Crippen molar-refractivity contribution in [2.75, 3.05) is 18.5 Å². The standard InChI is InChI=1S/C8H15N3OS/c1-6(12)4-5-11(3)8-10-9-7(2)13-8/h6,12H,4-5H2,1-3H3. The summed E-state index contributed by atoms with van der Waals surface area (Å²) >= 11 is 1.57. The van der Waals surface area contributed by atoms with Gasteiger partial charge in [-0.05, 0) is 20.3 Å². The van der Waals surface area contributed by atoms with E-state index < -0.39 is 0 Å². The summed E-state index contributed by atoms with van der Waals surface area (Å²) in [4.78, 5) is 2.01. The summed E-state index contributed by atoms with van der Waals surface area (Å²) in [6.45, 7) is 4.54. The van der Waals surface area contributed by atoms with Crippen LogP contribution in [0.4, 0.5) is 5.13 Å². The van der Waals surface area contributed by atoms with Crippen LogP contribution in [0.5, 0.6) is 0 Å². The van der Waals surface area contributed by atoms with Crippen LogP contribution in [-0.2, 0) is 0 Å². The Labute approximate surface area is 82.2 Å². The molecule has 0 aromatic carbocycles. The summed E-state index contributed by atoms with van der Waals surface area (Å²) in [5, 5.41) is 18.9. The maximum absolute atomic E-state index is 9.09. The van der Waals surface area contributed by atoms with Crippen LogP contribution in [-0.4, -0.2) is 35.0 Å². The maximum Gasteiger partial charge on any atom is 0.208 e. The first kappa shape index (κ1) is 10.4. The Hall–Kier alpha value is -0.680. The van der Waals surface area contributed by atoms with E-state index in [0.29, 0.717) is 0 Å². The number of hydrogen-bond acceptors (Lipinski definition) is 5. The SMILES string of the molecule is Cc1nnc(N(C)CCC(C)O)s1. The predicted octanol–water partition coefficient (Wildman–Crippen LogP) is 1.05. The third kappa shape index (κ3) is 3.28. The van der Waals surface area contributed by atoms with E-state index in [1.54, 1.807) is 18.3 Å². The van der Waals surface area contributed by atoms with Crippen molar-refractivity contribution in [2.45, 2.75) is 26.4 Å². The van der Waals surface area contributed by atoms with E-state index in [9.17, 15) is 0 Å². The van der Waals surface area contributed by atoms with Crippen LogP contribution >= 0.6 is 11.3 Å². The molecule has 13 heavy (non-hydrogen) atoms. The smallest absolute Gasteiger partial charge is 0.208 e. The van der Waals surface area contributed by atoms with Gasteiger partial charge >= 0.3 is 0 Å². The second-order valence-corrected chi connectivity index (χ2v) is 4.32. The van der Waals surface area contributed by atoms with Gasteiger partial charge in [0.1, 0.15) is 5.01 Å². The van der Waals surface area contributed by atoms with E-state index in [1.807, 2.05) is 18.9 Å². The van der Waals surface area contributed by atoms with E-state index in [1.165, 1.54) is 0 Å². The number of aliphatic hydroxyl groups excluding tert-OH is 1. The highest BCUT2D eigenvalue weighted by molar-refractivity contribution is 7.15. The van der Waals surface area contributed by atoms with E-state index in [2.05, 4.69) is 10.2 Å². The number of rotatable bonds is 4. The molecule has 0 aliphatic carbocycles. The van der Waals surface area contributed by atoms with Crippen LogP contribution in [0.1, 0.15) is 18.4 Å². The van der Waals surface area contributed by atoms with Crippen LogP contribution in [0.25, 0.3) is 0 Å². The Morgan fingerprint density at radius 1 is 1.54 bits per heavy atom. The van der Waals surface area contributed by atoms with Crippen molar-refractivity contribution >= 4 is 16.5 Å². The lowest BCUT2D eigenvalue weighted by Crippen LogP contribution is -2.21. The molecule has 1 aromatic rings. The zero-order chi connectivity index (χ0) is 9.84. The summed E-state index contributed by atoms with van der Waals surface area (Å²) < 4.78 is 0. The van der Waals surface area contributed by atoms with Crippen LogP contribution in [0.3, 0.4) is 0 Å². The monoisotopic (exact) mass is 201 g/mol. The van der Waals surface area contributed by atoms with Crippen LogP contribution in [0, 0.1) is 6.92 Å². The molecule has 1 heterocycles. The third-order valence-corrected chi connectivity index (χ3v) is 2.68. The van der Waals surface area contributed by atoms with Gasteiger partial charge in [0, 0.05) is 13.6 Å². The maximum atomic E-state index is 9.09. The number of anilines is 1. The van der Waals surface area contributed by atoms with Crippen LogP contribution in [0.15, 0.2) is 0 Å². The summed E-state index contributed by atoms with van der Waals surface area (Å²) in [6.07, 6.45) is 0.506. The number of aromatic nitrogens is 2. The van der Waals surface area contributed by atoms with Crippen LogP contribution < -0.4 is 4.90 Å². The van der Waals surface area contributed by atoms with Gasteiger partial charge in [0.2, 0.25) is 5.13 Å². The van der Waals surface area contributed by atoms with Gasteiger partial charge in [-0.15, -0.1) is 10.2 Å². The molecule has 0 aliphatic heterocycles. The number of aryl methyl sites for hydroxylation is 1. The highest BCUT2D eigenvalue weighted by atomic mass is 32.1. The Morgan fingerprint density at radius 3 is 2.69 bits per heavy atom. The van der Waals surface area contributed by atoms with Gasteiger partial charge in [-0.1, -0.05) is 11.3 Å². The van der Waals surface area contributed by atoms with Crippen LogP contribution in [0.2, 0.25) is 0 Å². The number of aliphatic hydroxyl groups is 1. The van der Waals surface area contributed by atoms with Crippen molar-refractivity contribution in [2.24, 2.45) is 0 Å². The van der Waals surface area contributed by atoms with E-state index in [4.69, 9.17) is 5.11 Å². The molecule has 0 saturated carbocycles. The van der Waals surface area contributed by atoms with E-state index in [0.717, 1.165) is 23.1 Å². The lowest BCUT2D eigenvalue weighted by atomic mass is 10.3. The topological polar surface area (TPSA) is 49.2 Å². The number of nitrogens with zero attached hydrogens (tertiary/aromatic N) is 3. The third-order valence-electron chi connectivity index (χ3n) is 1.72. The molecule has 1 aromatic heterocycles. The fraction of sp³-hybridized carbons (Fsp3) is 0.750. The van der Waals surface area contributed by atoms with Gasteiger partial charge in [0.05, 0.1) is 6.10 Å². The van der Waals surface area contributed by atoms with Gasteiger partial charge in [-0.25, -0.2) is 0 Å². The summed E-state index contributed by atoms with van der Waals surface area (Å²) in [6, 6.07) is 0. The molecule has 0 amide bonds. The minimum atomic E-state index is -0.253. The Morgan fingerprint density at radius 2 is 2.23 bits per heavy atom. The molecule has 74 valence electrons. The fourth-order valence-corrected chi connectivity index (χ4v) is 1.59. The minimum absolute atomic E-state index is 0.253. The fourth-order valence-electron chi connectivity index (χ4n) is 0.917. The lowest BCUT2D eigenvalue weighted by Gasteiger charge is -2.15. The first-order valence-electron chi connectivity index (χ1n) is 4.29. The molecule has 1 N–H and O–H groups in total. The number of hydrogen-bond donors (Lipinski definition) is 1. The van der Waals surface area contributed by atoms with Gasteiger partial charge < -0.3 is 10.0 Å². The average Bonchev–Trinajstić information content (AvgIpc) is 2.47. The molecule has 0 aliphatic rings. The summed E-state index contributed by atoms with van der Waals surface area (Å²) in [7, 11) is 1.96. The molecular weight excluding hydrogens is 186 g/mol. The first-order valence-corrected chi connectivity index (χ1v) is 5.10. The lowest BCUT2D eigenvalue weighted by molar-refractivity contribution is 0.187. The van der Waals surface area contributed by atoms with Gasteiger partial charge in [0.15, 0.2) is 0 Å². The zero-order valence-corrected chi connectivity index (χ0v) is 9.01. The average molecular weight is 201 g/mol. The highest BCUT2D eigenvalue weighted by Gasteiger charge is 2.06. The molecule has 5 heteroatoms. The van der Waals surface area contributed by atoms with Crippen molar-refractivity contribution in [3.63, 3.8) is 0 Å². The Bertz CT molecular complexity index is 262. The molecule has 1 atom stereocenters. The van der Waals surface area contributed by atoms with Crippen molar-refractivity contribution in [1.82, 2.24) is 10.2 Å². The van der Waals surface area contributed by atoms with Gasteiger partial charge in [-0.3, -0.25) is 0 Å².